The molecule has 0 saturated carbocycles. The number of para-hydroxylation sites is 3. The van der Waals surface area contributed by atoms with Crippen LogP contribution in [0.5, 0.6) is 0 Å². The van der Waals surface area contributed by atoms with Crippen molar-refractivity contribution in [2.24, 2.45) is 4.58 Å². The highest BCUT2D eigenvalue weighted by atomic mass is 79.9. The molecule has 1 heterocycles. The molecule has 1 aliphatic heterocycles. The lowest BCUT2D eigenvalue weighted by Crippen LogP contribution is -2.41. The smallest absolute Gasteiger partial charge is 0.310 e. The first-order valence-electron chi connectivity index (χ1n) is 15.9. The van der Waals surface area contributed by atoms with Crippen LogP contribution in [0, 0.1) is 4.91 Å². The number of piperidine rings is 1. The van der Waals surface area contributed by atoms with Crippen LogP contribution in [0.1, 0.15) is 46.3 Å². The Balaban J connectivity index is 0.000000251. The van der Waals surface area contributed by atoms with Crippen molar-refractivity contribution in [2.45, 2.75) is 36.9 Å². The molecule has 0 atom stereocenters. The van der Waals surface area contributed by atoms with E-state index in [1.54, 1.807) is 60.7 Å². The fourth-order valence-electron chi connectivity index (χ4n) is 5.48. The summed E-state index contributed by atoms with van der Waals surface area (Å²) in [5.41, 5.74) is 9.52. The number of ketones is 1. The molecule has 1 aliphatic rings. The highest BCUT2D eigenvalue weighted by molar-refractivity contribution is 9.10. The second kappa shape index (κ2) is 19.1. The summed E-state index contributed by atoms with van der Waals surface area (Å²) in [5, 5.41) is 13.0. The zero-order valence-corrected chi connectivity index (χ0v) is 31.7. The van der Waals surface area contributed by atoms with Gasteiger partial charge in [-0.3, -0.25) is 14.4 Å². The number of likely N-dealkylation sites (tertiary alicyclic amines) is 1. The highest BCUT2D eigenvalue weighted by Gasteiger charge is 2.35. The number of carboxylic acids is 1. The third kappa shape index (κ3) is 11.5. The molecule has 4 N–H and O–H groups in total. The van der Waals surface area contributed by atoms with Crippen LogP contribution in [0.25, 0.3) is 0 Å². The van der Waals surface area contributed by atoms with E-state index in [1.807, 2.05) is 24.3 Å². The molecular weight excluding hydrogens is 779 g/mol. The molecule has 1 fully saturated rings. The standard InChI is InChI=1S/C22H25Cl2N3O3S.C15H12BrNO3/c1-27-12-9-22(10-13-27,31-26-29)11-14-30-20(28)15-16-5-2-3-8-19(16)25-21-17(23)6-4-7-18(21)24;16-11-6-4-9(5-7-11)15(20)12-3-1-2-10(14(12)17)8-13(18)19/h2-8,25H,9-15H2,1H3;1-7H,8,17H2,(H,18,19). The molecule has 0 amide bonds. The minimum atomic E-state index is -0.982. The first-order valence-corrected chi connectivity index (χ1v) is 18.3. The molecule has 1 saturated heterocycles. The van der Waals surface area contributed by atoms with Crippen molar-refractivity contribution in [2.75, 3.05) is 37.8 Å². The van der Waals surface area contributed by atoms with Gasteiger partial charge in [-0.2, -0.15) is 0 Å². The summed E-state index contributed by atoms with van der Waals surface area (Å²) in [5.74, 6) is -1.53. The van der Waals surface area contributed by atoms with E-state index in [-0.39, 0.29) is 41.6 Å². The Labute approximate surface area is 319 Å². The fraction of sp³-hybridized carbons (Fsp3) is 0.270. The van der Waals surface area contributed by atoms with E-state index in [0.29, 0.717) is 38.8 Å². The number of nitrogens with zero attached hydrogens (tertiary/aromatic N) is 2. The average Bonchev–Trinajstić information content (AvgIpc) is 3.10. The fourth-order valence-corrected chi connectivity index (χ4v) is 6.94. The van der Waals surface area contributed by atoms with Crippen molar-refractivity contribution < 1.29 is 24.2 Å². The van der Waals surface area contributed by atoms with Crippen LogP contribution < -0.4 is 11.1 Å². The van der Waals surface area contributed by atoms with Gasteiger partial charge in [-0.05, 0) is 99.1 Å². The third-order valence-electron chi connectivity index (χ3n) is 8.41. The van der Waals surface area contributed by atoms with E-state index in [9.17, 15) is 19.3 Å². The number of halogens is 3. The van der Waals surface area contributed by atoms with Crippen LogP contribution in [0.4, 0.5) is 17.1 Å². The maximum Gasteiger partial charge on any atom is 0.310 e. The molecular formula is C37H37BrCl2N4O6S. The van der Waals surface area contributed by atoms with Gasteiger partial charge in [-0.1, -0.05) is 75.5 Å². The van der Waals surface area contributed by atoms with Crippen molar-refractivity contribution in [1.82, 2.24) is 4.90 Å². The number of nitrogens with one attached hydrogen (secondary N) is 1. The van der Waals surface area contributed by atoms with Crippen molar-refractivity contribution in [3.63, 3.8) is 0 Å². The summed E-state index contributed by atoms with van der Waals surface area (Å²) in [6.07, 6.45) is 2.22. The van der Waals surface area contributed by atoms with Crippen LogP contribution in [-0.2, 0) is 27.2 Å². The minimum absolute atomic E-state index is 0.111. The molecule has 14 heteroatoms. The third-order valence-corrected chi connectivity index (χ3v) is 10.6. The molecule has 0 aromatic heterocycles. The molecule has 0 unspecified atom stereocenters. The van der Waals surface area contributed by atoms with Gasteiger partial charge in [0.1, 0.15) is 0 Å². The number of esters is 1. The van der Waals surface area contributed by atoms with E-state index in [1.165, 1.54) is 0 Å². The van der Waals surface area contributed by atoms with Gasteiger partial charge in [0.15, 0.2) is 5.78 Å². The molecule has 51 heavy (non-hydrogen) atoms. The molecule has 0 radical (unpaired) electrons. The van der Waals surface area contributed by atoms with Crippen LogP contribution in [0.3, 0.4) is 0 Å². The first-order chi connectivity index (χ1) is 24.4. The minimum Gasteiger partial charge on any atom is -0.481 e. The van der Waals surface area contributed by atoms with Crippen molar-refractivity contribution in [1.29, 1.82) is 0 Å². The molecule has 0 bridgehead atoms. The van der Waals surface area contributed by atoms with E-state index >= 15 is 0 Å². The number of carboxylic acid groups (broad SMARTS) is 1. The number of anilines is 3. The highest BCUT2D eigenvalue weighted by Crippen LogP contribution is 2.39. The maximum absolute atomic E-state index is 12.5. The van der Waals surface area contributed by atoms with Gasteiger partial charge in [0, 0.05) is 48.3 Å². The number of ether oxygens (including phenoxy) is 1. The Kier molecular flexibility index (Phi) is 14.9. The predicted octanol–water partition coefficient (Wildman–Crippen LogP) is 8.98. The van der Waals surface area contributed by atoms with Crippen molar-refractivity contribution in [3.05, 3.63) is 127 Å². The van der Waals surface area contributed by atoms with Gasteiger partial charge >= 0.3 is 11.9 Å². The molecule has 4 aromatic rings. The lowest BCUT2D eigenvalue weighted by atomic mass is 9.93. The molecule has 0 aliphatic carbocycles. The quantitative estimate of drug-likeness (QED) is 0.0392. The number of carbonyl (C=O) groups excluding carboxylic acids is 2. The van der Waals surface area contributed by atoms with E-state index in [2.05, 4.69) is 37.8 Å². The van der Waals surface area contributed by atoms with Gasteiger partial charge in [0.2, 0.25) is 0 Å². The molecule has 10 nitrogen and oxygen atoms in total. The van der Waals surface area contributed by atoms with Gasteiger partial charge in [-0.25, -0.2) is 0 Å². The Hall–Kier alpha value is -3.94. The van der Waals surface area contributed by atoms with Gasteiger partial charge in [-0.15, -0.1) is 4.91 Å². The topological polar surface area (TPSA) is 151 Å². The summed E-state index contributed by atoms with van der Waals surface area (Å²) >= 11 is 16.9. The zero-order valence-electron chi connectivity index (χ0n) is 27.7. The number of nitroso groups, excluding NO2 is 1. The van der Waals surface area contributed by atoms with Crippen molar-refractivity contribution in [3.8, 4) is 0 Å². The molecule has 4 aromatic carbocycles. The summed E-state index contributed by atoms with van der Waals surface area (Å²) in [4.78, 5) is 48.8. The second-order valence-electron chi connectivity index (χ2n) is 12.0. The number of carbonyl (C=O) groups is 3. The number of hydrogen-bond donors (Lipinski definition) is 3. The van der Waals surface area contributed by atoms with Gasteiger partial charge < -0.3 is 25.8 Å². The van der Waals surface area contributed by atoms with Crippen molar-refractivity contribution >= 4 is 85.9 Å². The van der Waals surface area contributed by atoms with E-state index in [4.69, 9.17) is 38.8 Å². The predicted molar refractivity (Wildman–Crippen MR) is 208 cm³/mol. The summed E-state index contributed by atoms with van der Waals surface area (Å²) in [7, 11) is 2.06. The van der Waals surface area contributed by atoms with Gasteiger partial charge in [0.25, 0.3) is 0 Å². The SMILES string of the molecule is CN1CCC(CCOC(=O)Cc2ccccc2Nc2c(Cl)cccc2Cl)(SN=O)CC1.Nc1c(CC(=O)O)cccc1C(=O)c1ccc(Br)cc1. The summed E-state index contributed by atoms with van der Waals surface area (Å²) in [6, 6.07) is 24.5. The Morgan fingerprint density at radius 3 is 2.22 bits per heavy atom. The normalized spacial score (nSPS) is 13.7. The van der Waals surface area contributed by atoms with E-state index < -0.39 is 5.97 Å². The number of nitrogens with two attached hydrogens (primary N) is 1. The Morgan fingerprint density at radius 2 is 1.57 bits per heavy atom. The summed E-state index contributed by atoms with van der Waals surface area (Å²) < 4.78 is 9.20. The molecule has 0 spiro atoms. The number of rotatable bonds is 13. The number of benzene rings is 4. The second-order valence-corrected chi connectivity index (χ2v) is 14.9. The van der Waals surface area contributed by atoms with Crippen LogP contribution in [0.15, 0.2) is 94.0 Å². The monoisotopic (exact) mass is 814 g/mol. The maximum atomic E-state index is 12.5. The average molecular weight is 817 g/mol. The Morgan fingerprint density at radius 1 is 0.941 bits per heavy atom. The van der Waals surface area contributed by atoms with E-state index in [0.717, 1.165) is 53.6 Å². The lowest BCUT2D eigenvalue weighted by molar-refractivity contribution is -0.143. The van der Waals surface area contributed by atoms with Crippen LogP contribution >= 0.6 is 51.1 Å². The molecule has 268 valence electrons. The zero-order chi connectivity index (χ0) is 37.0. The van der Waals surface area contributed by atoms with Crippen LogP contribution in [0.2, 0.25) is 10.0 Å². The van der Waals surface area contributed by atoms with Crippen LogP contribution in [-0.4, -0.2) is 59.2 Å². The summed E-state index contributed by atoms with van der Waals surface area (Å²) in [6.45, 7) is 2.07. The van der Waals surface area contributed by atoms with Gasteiger partial charge in [0.05, 0.1) is 35.2 Å². The lowest BCUT2D eigenvalue weighted by Gasteiger charge is -2.37. The number of hydrogen-bond acceptors (Lipinski definition) is 10. The number of nitrogen functional groups attached to an aromatic ring is 1. The molecule has 5 rings (SSSR count). The number of aliphatic carboxylic acids is 1. The first kappa shape index (κ1) is 39.8. The Bertz CT molecular complexity index is 1840. The largest absolute Gasteiger partial charge is 0.481 e.